The van der Waals surface area contributed by atoms with Crippen LogP contribution in [0, 0.1) is 0 Å². The topological polar surface area (TPSA) is 81.1 Å². The Morgan fingerprint density at radius 2 is 2.04 bits per heavy atom. The van der Waals surface area contributed by atoms with Gasteiger partial charge < -0.3 is 0 Å². The monoisotopic (exact) mass is 417 g/mol. The number of aryl methyl sites for hydroxylation is 1. The minimum atomic E-state index is -4.07. The molecule has 1 unspecified atom stereocenters. The maximum absolute atomic E-state index is 13.3. The van der Waals surface area contributed by atoms with Gasteiger partial charge in [-0.3, -0.25) is 9.48 Å². The van der Waals surface area contributed by atoms with Crippen molar-refractivity contribution in [3.63, 3.8) is 0 Å². The summed E-state index contributed by atoms with van der Waals surface area (Å²) >= 11 is 6.30. The van der Waals surface area contributed by atoms with Gasteiger partial charge in [-0.05, 0) is 42.5 Å². The highest BCUT2D eigenvalue weighted by molar-refractivity contribution is 7.90. The number of para-hydroxylation sites is 1. The third-order valence-electron chi connectivity index (χ3n) is 5.71. The summed E-state index contributed by atoms with van der Waals surface area (Å²) in [5, 5.41) is 5.43. The first-order valence-corrected chi connectivity index (χ1v) is 10.9. The van der Waals surface area contributed by atoms with Crippen molar-refractivity contribution in [1.82, 2.24) is 14.5 Å². The van der Waals surface area contributed by atoms with Crippen molar-refractivity contribution in [1.29, 1.82) is 0 Å². The van der Waals surface area contributed by atoms with E-state index in [1.165, 1.54) is 10.7 Å². The van der Waals surface area contributed by atoms with Crippen LogP contribution in [0.4, 0.5) is 0 Å². The van der Waals surface area contributed by atoms with Crippen LogP contribution in [0.3, 0.4) is 0 Å². The van der Waals surface area contributed by atoms with Gasteiger partial charge in [0.15, 0.2) is 0 Å². The second kappa shape index (κ2) is 6.60. The standard InChI is InChI=1S/C20H20ClN3O3S/c1-3-20(11-10-14-15(20)7-5-8-16(14)21)19(25)23-28(26,27)17-9-4-6-13-12-22-24(2)18(13)17/h4-9,12H,3,10-11H2,1-2H3,(H,23,25). The van der Waals surface area contributed by atoms with Crippen LogP contribution < -0.4 is 4.72 Å². The van der Waals surface area contributed by atoms with Gasteiger partial charge in [0.1, 0.15) is 4.90 Å². The van der Waals surface area contributed by atoms with Crippen molar-refractivity contribution >= 4 is 38.4 Å². The van der Waals surface area contributed by atoms with E-state index >= 15 is 0 Å². The minimum Gasteiger partial charge on any atom is -0.273 e. The first kappa shape index (κ1) is 19.0. The number of rotatable bonds is 4. The van der Waals surface area contributed by atoms with E-state index in [9.17, 15) is 13.2 Å². The Hall–Kier alpha value is -2.38. The summed E-state index contributed by atoms with van der Waals surface area (Å²) in [6, 6.07) is 10.4. The number of aromatic nitrogens is 2. The SMILES string of the molecule is CCC1(C(=O)NS(=O)(=O)c2cccc3cnn(C)c23)CCc2c(Cl)cccc21. The van der Waals surface area contributed by atoms with E-state index in [-0.39, 0.29) is 4.90 Å². The predicted molar refractivity (Wildman–Crippen MR) is 108 cm³/mol. The molecule has 0 spiro atoms. The summed E-state index contributed by atoms with van der Waals surface area (Å²) in [5.74, 6) is -0.518. The van der Waals surface area contributed by atoms with E-state index in [1.807, 2.05) is 13.0 Å². The molecule has 2 aromatic carbocycles. The molecule has 0 saturated heterocycles. The average Bonchev–Trinajstić information content (AvgIpc) is 3.24. The Morgan fingerprint density at radius 1 is 1.29 bits per heavy atom. The van der Waals surface area contributed by atoms with Crippen LogP contribution >= 0.6 is 11.6 Å². The normalized spacial score (nSPS) is 19.0. The van der Waals surface area contributed by atoms with Gasteiger partial charge in [0, 0.05) is 17.5 Å². The van der Waals surface area contributed by atoms with Crippen LogP contribution in [0.1, 0.15) is 30.9 Å². The van der Waals surface area contributed by atoms with Gasteiger partial charge >= 0.3 is 0 Å². The summed E-state index contributed by atoms with van der Waals surface area (Å²) in [4.78, 5) is 13.3. The molecule has 0 fully saturated rings. The molecular formula is C20H20ClN3O3S. The van der Waals surface area contributed by atoms with Crippen molar-refractivity contribution in [3.8, 4) is 0 Å². The van der Waals surface area contributed by atoms with Crippen LogP contribution in [-0.4, -0.2) is 24.1 Å². The van der Waals surface area contributed by atoms with E-state index in [2.05, 4.69) is 9.82 Å². The summed E-state index contributed by atoms with van der Waals surface area (Å²) in [5.41, 5.74) is 1.29. The molecule has 0 aliphatic heterocycles. The van der Waals surface area contributed by atoms with Crippen molar-refractivity contribution in [3.05, 3.63) is 58.7 Å². The lowest BCUT2D eigenvalue weighted by atomic mass is 9.79. The molecule has 1 aliphatic carbocycles. The zero-order valence-electron chi connectivity index (χ0n) is 15.6. The van der Waals surface area contributed by atoms with Gasteiger partial charge in [0.25, 0.3) is 10.0 Å². The lowest BCUT2D eigenvalue weighted by Gasteiger charge is -2.27. The second-order valence-electron chi connectivity index (χ2n) is 7.10. The fourth-order valence-corrected chi connectivity index (χ4v) is 5.77. The highest BCUT2D eigenvalue weighted by Crippen LogP contribution is 2.44. The van der Waals surface area contributed by atoms with Crippen molar-refractivity contribution < 1.29 is 13.2 Å². The van der Waals surface area contributed by atoms with Crippen LogP contribution in [0.25, 0.3) is 10.9 Å². The molecule has 0 radical (unpaired) electrons. The molecule has 6 nitrogen and oxygen atoms in total. The molecule has 146 valence electrons. The lowest BCUT2D eigenvalue weighted by Crippen LogP contribution is -2.45. The van der Waals surface area contributed by atoms with Gasteiger partial charge in [-0.2, -0.15) is 5.10 Å². The molecule has 0 bridgehead atoms. The van der Waals surface area contributed by atoms with Crippen molar-refractivity contribution in [2.24, 2.45) is 7.05 Å². The highest BCUT2D eigenvalue weighted by Gasteiger charge is 2.45. The molecule has 1 N–H and O–H groups in total. The third kappa shape index (κ3) is 2.72. The number of nitrogens with one attached hydrogen (secondary N) is 1. The number of fused-ring (bicyclic) bond motifs is 2. The maximum Gasteiger partial charge on any atom is 0.266 e. The number of sulfonamides is 1. The number of carbonyl (C=O) groups is 1. The molecule has 1 atom stereocenters. The molecule has 3 aromatic rings. The minimum absolute atomic E-state index is 0.0360. The first-order chi connectivity index (χ1) is 13.3. The fraction of sp³-hybridized carbons (Fsp3) is 0.300. The van der Waals surface area contributed by atoms with E-state index in [0.29, 0.717) is 35.2 Å². The van der Waals surface area contributed by atoms with Crippen LogP contribution in [-0.2, 0) is 33.7 Å². The number of nitrogens with zero attached hydrogens (tertiary/aromatic N) is 2. The van der Waals surface area contributed by atoms with Crippen molar-refractivity contribution in [2.45, 2.75) is 36.5 Å². The summed E-state index contributed by atoms with van der Waals surface area (Å²) < 4.78 is 30.0. The molecule has 1 amide bonds. The number of amides is 1. The summed E-state index contributed by atoms with van der Waals surface area (Å²) in [6.45, 7) is 1.89. The van der Waals surface area contributed by atoms with Crippen molar-refractivity contribution in [2.75, 3.05) is 0 Å². The van der Waals surface area contributed by atoms with Crippen LogP contribution in [0.2, 0.25) is 5.02 Å². The predicted octanol–water partition coefficient (Wildman–Crippen LogP) is 3.33. The summed E-state index contributed by atoms with van der Waals surface area (Å²) in [7, 11) is -2.40. The average molecular weight is 418 g/mol. The van der Waals surface area contributed by atoms with E-state index in [0.717, 1.165) is 11.1 Å². The largest absolute Gasteiger partial charge is 0.273 e. The van der Waals surface area contributed by atoms with E-state index in [4.69, 9.17) is 11.6 Å². The molecule has 0 saturated carbocycles. The number of hydrogen-bond acceptors (Lipinski definition) is 4. The molecule has 1 heterocycles. The number of halogens is 1. The van der Waals surface area contributed by atoms with Gasteiger partial charge in [-0.1, -0.05) is 42.8 Å². The third-order valence-corrected chi connectivity index (χ3v) is 7.43. The highest BCUT2D eigenvalue weighted by atomic mass is 35.5. The number of hydrogen-bond donors (Lipinski definition) is 1. The van der Waals surface area contributed by atoms with Gasteiger partial charge in [0.2, 0.25) is 5.91 Å². The Kier molecular flexibility index (Phi) is 4.47. The first-order valence-electron chi connectivity index (χ1n) is 9.06. The Bertz CT molecular complexity index is 1200. The second-order valence-corrected chi connectivity index (χ2v) is 9.16. The van der Waals surface area contributed by atoms with Crippen LogP contribution in [0.15, 0.2) is 47.5 Å². The molecule has 8 heteroatoms. The Balaban J connectivity index is 1.76. The van der Waals surface area contributed by atoms with Gasteiger partial charge in [0.05, 0.1) is 17.1 Å². The van der Waals surface area contributed by atoms with E-state index < -0.39 is 21.3 Å². The van der Waals surface area contributed by atoms with Gasteiger partial charge in [-0.25, -0.2) is 13.1 Å². The van der Waals surface area contributed by atoms with E-state index in [1.54, 1.807) is 37.5 Å². The zero-order chi connectivity index (χ0) is 20.1. The quantitative estimate of drug-likeness (QED) is 0.706. The Morgan fingerprint density at radius 3 is 2.79 bits per heavy atom. The lowest BCUT2D eigenvalue weighted by molar-refractivity contribution is -0.125. The fourth-order valence-electron chi connectivity index (χ4n) is 4.19. The number of carbonyl (C=O) groups excluding carboxylic acids is 1. The molecule has 28 heavy (non-hydrogen) atoms. The Labute approximate surface area is 168 Å². The molecular weight excluding hydrogens is 398 g/mol. The molecule has 1 aromatic heterocycles. The number of benzene rings is 2. The zero-order valence-corrected chi connectivity index (χ0v) is 17.1. The van der Waals surface area contributed by atoms with Crippen LogP contribution in [0.5, 0.6) is 0 Å². The molecule has 1 aliphatic rings. The molecule has 4 rings (SSSR count). The smallest absolute Gasteiger partial charge is 0.266 e. The van der Waals surface area contributed by atoms with Gasteiger partial charge in [-0.15, -0.1) is 0 Å². The maximum atomic E-state index is 13.3. The summed E-state index contributed by atoms with van der Waals surface area (Å²) in [6.07, 6.45) is 3.25.